The average molecular weight is 334 g/mol. The zero-order valence-corrected chi connectivity index (χ0v) is 14.4. The van der Waals surface area contributed by atoms with E-state index in [1.165, 1.54) is 4.88 Å². The van der Waals surface area contributed by atoms with E-state index in [0.29, 0.717) is 5.56 Å². The molecular formula is C20H18N2OS. The number of hydrazone groups is 1. The lowest BCUT2D eigenvalue weighted by molar-refractivity contribution is 0.0955. The Bertz CT molecular complexity index is 864. The third kappa shape index (κ3) is 3.78. The topological polar surface area (TPSA) is 41.5 Å². The van der Waals surface area contributed by atoms with E-state index in [-0.39, 0.29) is 5.91 Å². The van der Waals surface area contributed by atoms with Crippen molar-refractivity contribution in [2.45, 2.75) is 13.8 Å². The summed E-state index contributed by atoms with van der Waals surface area (Å²) in [6.07, 6.45) is 0. The van der Waals surface area contributed by atoms with Crippen LogP contribution in [0.5, 0.6) is 0 Å². The van der Waals surface area contributed by atoms with E-state index >= 15 is 0 Å². The lowest BCUT2D eigenvalue weighted by Gasteiger charge is -2.04. The molecule has 2 aromatic carbocycles. The molecule has 0 aliphatic heterocycles. The highest BCUT2D eigenvalue weighted by molar-refractivity contribution is 7.14. The second-order valence-corrected chi connectivity index (χ2v) is 6.78. The van der Waals surface area contributed by atoms with Gasteiger partial charge < -0.3 is 0 Å². The second kappa shape index (κ2) is 7.23. The van der Waals surface area contributed by atoms with Gasteiger partial charge in [-0.25, -0.2) is 5.43 Å². The van der Waals surface area contributed by atoms with E-state index < -0.39 is 0 Å². The molecule has 0 fully saturated rings. The van der Waals surface area contributed by atoms with Gasteiger partial charge in [-0.3, -0.25) is 4.79 Å². The quantitative estimate of drug-likeness (QED) is 0.536. The van der Waals surface area contributed by atoms with Crippen molar-refractivity contribution in [3.05, 3.63) is 82.0 Å². The smallest absolute Gasteiger partial charge is 0.267 e. The molecular weight excluding hydrogens is 316 g/mol. The summed E-state index contributed by atoms with van der Waals surface area (Å²) in [5.74, 6) is -0.206. The SMILES string of the molecule is C/C(=N\NC(=O)c1ccc(-c2ccccc2)cc1)c1ccc(C)s1. The minimum Gasteiger partial charge on any atom is -0.267 e. The number of nitrogens with zero attached hydrogens (tertiary/aromatic N) is 1. The number of amides is 1. The lowest BCUT2D eigenvalue weighted by atomic mass is 10.0. The Balaban J connectivity index is 1.69. The Kier molecular flexibility index (Phi) is 4.87. The monoisotopic (exact) mass is 334 g/mol. The number of hydrogen-bond donors (Lipinski definition) is 1. The standard InChI is InChI=1S/C20H18N2OS/c1-14-8-13-19(24-14)15(2)21-22-20(23)18-11-9-17(10-12-18)16-6-4-3-5-7-16/h3-13H,1-2H3,(H,22,23)/b21-15+. The predicted molar refractivity (Wildman–Crippen MR) is 101 cm³/mol. The molecule has 0 atom stereocenters. The summed E-state index contributed by atoms with van der Waals surface area (Å²) in [6.45, 7) is 3.94. The Morgan fingerprint density at radius 1 is 0.917 bits per heavy atom. The predicted octanol–water partition coefficient (Wildman–Crippen LogP) is 4.88. The maximum atomic E-state index is 12.2. The van der Waals surface area contributed by atoms with Gasteiger partial charge in [0.15, 0.2) is 0 Å². The fourth-order valence-corrected chi connectivity index (χ4v) is 3.14. The van der Waals surface area contributed by atoms with Gasteiger partial charge in [0, 0.05) is 10.4 Å². The first-order valence-electron chi connectivity index (χ1n) is 7.70. The van der Waals surface area contributed by atoms with Gasteiger partial charge in [0.25, 0.3) is 5.91 Å². The Hall–Kier alpha value is -2.72. The average Bonchev–Trinajstić information content (AvgIpc) is 3.07. The highest BCUT2D eigenvalue weighted by atomic mass is 32.1. The van der Waals surface area contributed by atoms with Crippen molar-refractivity contribution in [2.75, 3.05) is 0 Å². The second-order valence-electron chi connectivity index (χ2n) is 5.49. The van der Waals surface area contributed by atoms with Gasteiger partial charge in [0.1, 0.15) is 0 Å². The van der Waals surface area contributed by atoms with Crippen LogP contribution in [0.2, 0.25) is 0 Å². The van der Waals surface area contributed by atoms with Crippen LogP contribution in [0.4, 0.5) is 0 Å². The van der Waals surface area contributed by atoms with Crippen LogP contribution in [0.1, 0.15) is 27.0 Å². The van der Waals surface area contributed by atoms with Crippen LogP contribution < -0.4 is 5.43 Å². The van der Waals surface area contributed by atoms with Crippen molar-refractivity contribution >= 4 is 23.0 Å². The summed E-state index contributed by atoms with van der Waals surface area (Å²) in [7, 11) is 0. The number of carbonyl (C=O) groups excluding carboxylic acids is 1. The minimum atomic E-state index is -0.206. The largest absolute Gasteiger partial charge is 0.271 e. The molecule has 1 amide bonds. The van der Waals surface area contributed by atoms with Crippen LogP contribution in [0.25, 0.3) is 11.1 Å². The fourth-order valence-electron chi connectivity index (χ4n) is 2.33. The molecule has 0 aliphatic rings. The molecule has 0 spiro atoms. The van der Waals surface area contributed by atoms with Gasteiger partial charge in [-0.05, 0) is 49.2 Å². The summed E-state index contributed by atoms with van der Waals surface area (Å²) in [6, 6.07) is 21.7. The number of nitrogens with one attached hydrogen (secondary N) is 1. The number of hydrogen-bond acceptors (Lipinski definition) is 3. The third-order valence-electron chi connectivity index (χ3n) is 3.68. The summed E-state index contributed by atoms with van der Waals surface area (Å²) in [5, 5.41) is 4.19. The minimum absolute atomic E-state index is 0.206. The molecule has 0 saturated carbocycles. The van der Waals surface area contributed by atoms with E-state index in [9.17, 15) is 4.79 Å². The van der Waals surface area contributed by atoms with Crippen LogP contribution in [0.3, 0.4) is 0 Å². The van der Waals surface area contributed by atoms with Crippen molar-refractivity contribution < 1.29 is 4.79 Å². The number of aryl methyl sites for hydroxylation is 1. The molecule has 3 aromatic rings. The van der Waals surface area contributed by atoms with Gasteiger partial charge in [-0.15, -0.1) is 11.3 Å². The highest BCUT2D eigenvalue weighted by Gasteiger charge is 2.06. The number of rotatable bonds is 4. The third-order valence-corrected chi connectivity index (χ3v) is 4.79. The van der Waals surface area contributed by atoms with E-state index in [2.05, 4.69) is 10.5 Å². The molecule has 120 valence electrons. The molecule has 1 N–H and O–H groups in total. The van der Waals surface area contributed by atoms with Crippen LogP contribution >= 0.6 is 11.3 Å². The van der Waals surface area contributed by atoms with Crippen LogP contribution in [0.15, 0.2) is 71.8 Å². The molecule has 0 radical (unpaired) electrons. The Morgan fingerprint density at radius 2 is 1.58 bits per heavy atom. The molecule has 0 unspecified atom stereocenters. The van der Waals surface area contributed by atoms with Gasteiger partial charge in [-0.2, -0.15) is 5.10 Å². The Labute approximate surface area is 145 Å². The maximum absolute atomic E-state index is 12.2. The van der Waals surface area contributed by atoms with Crippen LogP contribution in [-0.4, -0.2) is 11.6 Å². The van der Waals surface area contributed by atoms with Crippen LogP contribution in [-0.2, 0) is 0 Å². The molecule has 0 aliphatic carbocycles. The van der Waals surface area contributed by atoms with Gasteiger partial charge in [0.05, 0.1) is 10.6 Å². The van der Waals surface area contributed by atoms with E-state index in [1.807, 2.05) is 80.6 Å². The van der Waals surface area contributed by atoms with Crippen molar-refractivity contribution in [3.8, 4) is 11.1 Å². The molecule has 1 aromatic heterocycles. The summed E-state index contributed by atoms with van der Waals surface area (Å²) in [5.41, 5.74) is 6.24. The molecule has 0 bridgehead atoms. The first kappa shape index (κ1) is 16.1. The number of thiophene rings is 1. The zero-order valence-electron chi connectivity index (χ0n) is 13.6. The van der Waals surface area contributed by atoms with E-state index in [4.69, 9.17) is 0 Å². The Morgan fingerprint density at radius 3 is 2.21 bits per heavy atom. The van der Waals surface area contributed by atoms with Crippen LogP contribution in [0, 0.1) is 6.92 Å². The normalized spacial score (nSPS) is 11.3. The van der Waals surface area contributed by atoms with E-state index in [1.54, 1.807) is 11.3 Å². The molecule has 4 heteroatoms. The molecule has 3 rings (SSSR count). The summed E-state index contributed by atoms with van der Waals surface area (Å²) in [4.78, 5) is 14.5. The molecule has 3 nitrogen and oxygen atoms in total. The summed E-state index contributed by atoms with van der Waals surface area (Å²) >= 11 is 1.66. The fraction of sp³-hybridized carbons (Fsp3) is 0.100. The first-order chi connectivity index (χ1) is 11.6. The van der Waals surface area contributed by atoms with Gasteiger partial charge in [-0.1, -0.05) is 42.5 Å². The van der Waals surface area contributed by atoms with Crippen molar-refractivity contribution in [1.82, 2.24) is 5.43 Å². The van der Waals surface area contributed by atoms with Crippen molar-refractivity contribution in [3.63, 3.8) is 0 Å². The number of benzene rings is 2. The first-order valence-corrected chi connectivity index (χ1v) is 8.52. The van der Waals surface area contributed by atoms with Crippen molar-refractivity contribution in [1.29, 1.82) is 0 Å². The summed E-state index contributed by atoms with van der Waals surface area (Å²) < 4.78 is 0. The highest BCUT2D eigenvalue weighted by Crippen LogP contribution is 2.19. The zero-order chi connectivity index (χ0) is 16.9. The van der Waals surface area contributed by atoms with Gasteiger partial charge in [0.2, 0.25) is 0 Å². The molecule has 24 heavy (non-hydrogen) atoms. The maximum Gasteiger partial charge on any atom is 0.271 e. The molecule has 0 saturated heterocycles. The number of carbonyl (C=O) groups is 1. The molecule has 1 heterocycles. The van der Waals surface area contributed by atoms with Crippen molar-refractivity contribution in [2.24, 2.45) is 5.10 Å². The lowest BCUT2D eigenvalue weighted by Crippen LogP contribution is -2.19. The van der Waals surface area contributed by atoms with Gasteiger partial charge >= 0.3 is 0 Å². The van der Waals surface area contributed by atoms with E-state index in [0.717, 1.165) is 21.7 Å².